The Morgan fingerprint density at radius 3 is 2.59 bits per heavy atom. The number of carbonyl (C=O) groups is 2. The molecular weight excluding hydrogens is 349 g/mol. The minimum atomic E-state index is -0.420. The number of benzene rings is 1. The number of furan rings is 1. The summed E-state index contributed by atoms with van der Waals surface area (Å²) in [4.78, 5) is 26.4. The van der Waals surface area contributed by atoms with E-state index >= 15 is 0 Å². The topological polar surface area (TPSA) is 74.6 Å². The Balaban J connectivity index is 1.44. The van der Waals surface area contributed by atoms with E-state index in [0.29, 0.717) is 12.2 Å². The third-order valence-electron chi connectivity index (χ3n) is 4.63. The van der Waals surface area contributed by atoms with Gasteiger partial charge in [0.1, 0.15) is 11.6 Å². The van der Waals surface area contributed by atoms with E-state index in [9.17, 15) is 14.0 Å². The molecule has 2 N–H and O–H groups in total. The molecule has 1 aliphatic heterocycles. The first-order chi connectivity index (χ1) is 13.1. The Bertz CT molecular complexity index is 758. The summed E-state index contributed by atoms with van der Waals surface area (Å²) in [5.41, 5.74) is 0.382. The fraction of sp³-hybridized carbons (Fsp3) is 0.400. The summed E-state index contributed by atoms with van der Waals surface area (Å²) in [7, 11) is 0. The molecule has 0 spiro atoms. The molecule has 0 saturated carbocycles. The van der Waals surface area contributed by atoms with Gasteiger partial charge in [-0.3, -0.25) is 14.5 Å². The number of nitrogens with one attached hydrogen (secondary N) is 2. The zero-order chi connectivity index (χ0) is 19.1. The summed E-state index contributed by atoms with van der Waals surface area (Å²) in [5.74, 6) is -0.101. The van der Waals surface area contributed by atoms with E-state index in [-0.39, 0.29) is 30.7 Å². The highest BCUT2D eigenvalue weighted by Crippen LogP contribution is 2.24. The molecule has 3 rings (SSSR count). The number of rotatable bonds is 8. The number of nitrogens with zero attached hydrogens (tertiary/aromatic N) is 1. The van der Waals surface area contributed by atoms with Gasteiger partial charge in [0.25, 0.3) is 0 Å². The number of halogens is 1. The Hall–Kier alpha value is -2.67. The molecule has 144 valence electrons. The van der Waals surface area contributed by atoms with Crippen LogP contribution in [-0.2, 0) is 9.59 Å². The lowest BCUT2D eigenvalue weighted by molar-refractivity contribution is -0.124. The van der Waals surface area contributed by atoms with Crippen LogP contribution in [0.5, 0.6) is 0 Å². The number of hydrogen-bond acceptors (Lipinski definition) is 4. The van der Waals surface area contributed by atoms with E-state index in [0.717, 1.165) is 31.7 Å². The first kappa shape index (κ1) is 19.1. The molecule has 0 radical (unpaired) electrons. The third kappa shape index (κ3) is 5.65. The number of anilines is 1. The zero-order valence-corrected chi connectivity index (χ0v) is 15.1. The maximum absolute atomic E-state index is 13.1. The van der Waals surface area contributed by atoms with Crippen LogP contribution in [0.4, 0.5) is 10.1 Å². The lowest BCUT2D eigenvalue weighted by Gasteiger charge is -2.26. The van der Waals surface area contributed by atoms with Gasteiger partial charge in [-0.15, -0.1) is 0 Å². The summed E-state index contributed by atoms with van der Waals surface area (Å²) in [5, 5.41) is 5.48. The van der Waals surface area contributed by atoms with Crippen LogP contribution >= 0.6 is 0 Å². The summed E-state index contributed by atoms with van der Waals surface area (Å²) >= 11 is 0. The molecule has 0 bridgehead atoms. The van der Waals surface area contributed by atoms with Crippen LogP contribution in [0.25, 0.3) is 0 Å². The van der Waals surface area contributed by atoms with Gasteiger partial charge in [0.05, 0.1) is 12.3 Å². The Morgan fingerprint density at radius 1 is 1.11 bits per heavy atom. The molecule has 1 atom stereocenters. The molecule has 1 saturated heterocycles. The Kier molecular flexibility index (Phi) is 6.59. The average Bonchev–Trinajstić information content (AvgIpc) is 3.35. The van der Waals surface area contributed by atoms with Crippen molar-refractivity contribution in [3.05, 3.63) is 54.2 Å². The first-order valence-electron chi connectivity index (χ1n) is 9.21. The molecule has 6 nitrogen and oxygen atoms in total. The van der Waals surface area contributed by atoms with E-state index in [1.54, 1.807) is 12.3 Å². The van der Waals surface area contributed by atoms with Gasteiger partial charge in [0, 0.05) is 25.1 Å². The highest BCUT2D eigenvalue weighted by atomic mass is 19.1. The maximum atomic E-state index is 13.1. The fourth-order valence-corrected chi connectivity index (χ4v) is 3.26. The quantitative estimate of drug-likeness (QED) is 0.746. The molecule has 2 amide bonds. The van der Waals surface area contributed by atoms with Gasteiger partial charge in [0.15, 0.2) is 0 Å². The maximum Gasteiger partial charge on any atom is 0.224 e. The van der Waals surface area contributed by atoms with Crippen LogP contribution in [0, 0.1) is 5.82 Å². The second-order valence-electron chi connectivity index (χ2n) is 6.64. The van der Waals surface area contributed by atoms with Crippen molar-refractivity contribution >= 4 is 17.5 Å². The van der Waals surface area contributed by atoms with Crippen LogP contribution in [0.15, 0.2) is 47.1 Å². The van der Waals surface area contributed by atoms with E-state index in [1.807, 2.05) is 12.1 Å². The average molecular weight is 373 g/mol. The van der Waals surface area contributed by atoms with Crippen molar-refractivity contribution in [2.24, 2.45) is 0 Å². The molecule has 0 aliphatic carbocycles. The van der Waals surface area contributed by atoms with Gasteiger partial charge >= 0.3 is 0 Å². The van der Waals surface area contributed by atoms with Crippen molar-refractivity contribution in [3.8, 4) is 0 Å². The monoisotopic (exact) mass is 373 g/mol. The van der Waals surface area contributed by atoms with Crippen LogP contribution < -0.4 is 10.6 Å². The number of carbonyl (C=O) groups excluding carboxylic acids is 2. The van der Waals surface area contributed by atoms with Crippen molar-refractivity contribution < 1.29 is 18.4 Å². The molecule has 1 aromatic heterocycles. The van der Waals surface area contributed by atoms with Crippen LogP contribution in [-0.4, -0.2) is 36.3 Å². The lowest BCUT2D eigenvalue weighted by atomic mass is 10.2. The van der Waals surface area contributed by atoms with Gasteiger partial charge in [-0.05, 0) is 56.3 Å². The van der Waals surface area contributed by atoms with E-state index in [1.165, 1.54) is 18.2 Å². The van der Waals surface area contributed by atoms with Gasteiger partial charge < -0.3 is 15.1 Å². The summed E-state index contributed by atoms with van der Waals surface area (Å²) in [6.07, 6.45) is 4.04. The highest BCUT2D eigenvalue weighted by Gasteiger charge is 2.25. The third-order valence-corrected chi connectivity index (χ3v) is 4.63. The molecule has 27 heavy (non-hydrogen) atoms. The molecule has 2 heterocycles. The zero-order valence-electron chi connectivity index (χ0n) is 15.1. The largest absolute Gasteiger partial charge is 0.468 e. The van der Waals surface area contributed by atoms with Crippen LogP contribution in [0.3, 0.4) is 0 Å². The summed E-state index contributed by atoms with van der Waals surface area (Å²) < 4.78 is 18.7. The second-order valence-corrected chi connectivity index (χ2v) is 6.64. The standard InChI is InChI=1S/C20H24FN3O3/c21-15-5-3-6-16(13-15)23-20(26)9-8-19(25)22-14-17(18-7-4-12-27-18)24-10-1-2-11-24/h3-7,12-13,17H,1-2,8-11,14H2,(H,22,25)(H,23,26). The highest BCUT2D eigenvalue weighted by molar-refractivity contribution is 5.93. The smallest absolute Gasteiger partial charge is 0.224 e. The van der Waals surface area contributed by atoms with E-state index in [2.05, 4.69) is 15.5 Å². The number of amides is 2. The van der Waals surface area contributed by atoms with E-state index in [4.69, 9.17) is 4.42 Å². The van der Waals surface area contributed by atoms with Gasteiger partial charge in [-0.1, -0.05) is 6.07 Å². The predicted molar refractivity (Wildman–Crippen MR) is 99.5 cm³/mol. The van der Waals surface area contributed by atoms with E-state index < -0.39 is 5.82 Å². The number of likely N-dealkylation sites (tertiary alicyclic amines) is 1. The van der Waals surface area contributed by atoms with Crippen LogP contribution in [0.1, 0.15) is 37.5 Å². The summed E-state index contributed by atoms with van der Waals surface area (Å²) in [6, 6.07) is 9.43. The molecule has 1 fully saturated rings. The normalized spacial score (nSPS) is 15.4. The lowest BCUT2D eigenvalue weighted by Crippen LogP contribution is -2.36. The van der Waals surface area contributed by atoms with Gasteiger partial charge in [0.2, 0.25) is 11.8 Å². The second kappa shape index (κ2) is 9.32. The molecular formula is C20H24FN3O3. The van der Waals surface area contributed by atoms with Crippen molar-refractivity contribution in [1.29, 1.82) is 0 Å². The van der Waals surface area contributed by atoms with Crippen molar-refractivity contribution in [2.75, 3.05) is 25.0 Å². The minimum Gasteiger partial charge on any atom is -0.468 e. The Labute approximate surface area is 157 Å². The van der Waals surface area contributed by atoms with Gasteiger partial charge in [-0.25, -0.2) is 4.39 Å². The summed E-state index contributed by atoms with van der Waals surface area (Å²) in [6.45, 7) is 2.41. The molecule has 1 aliphatic rings. The predicted octanol–water partition coefficient (Wildman–Crippen LogP) is 3.09. The van der Waals surface area contributed by atoms with Crippen LogP contribution in [0.2, 0.25) is 0 Å². The molecule has 1 aromatic carbocycles. The van der Waals surface area contributed by atoms with Crippen molar-refractivity contribution in [2.45, 2.75) is 31.7 Å². The fourth-order valence-electron chi connectivity index (χ4n) is 3.26. The van der Waals surface area contributed by atoms with Crippen molar-refractivity contribution in [3.63, 3.8) is 0 Å². The SMILES string of the molecule is O=C(CCC(=O)Nc1cccc(F)c1)NCC(c1ccco1)N1CCCC1. The molecule has 7 heteroatoms. The van der Waals surface area contributed by atoms with Gasteiger partial charge in [-0.2, -0.15) is 0 Å². The Morgan fingerprint density at radius 2 is 1.89 bits per heavy atom. The number of hydrogen-bond donors (Lipinski definition) is 2. The first-order valence-corrected chi connectivity index (χ1v) is 9.21. The molecule has 1 unspecified atom stereocenters. The molecule has 2 aromatic rings. The van der Waals surface area contributed by atoms with Crippen molar-refractivity contribution in [1.82, 2.24) is 10.2 Å². The minimum absolute atomic E-state index is 0.00701.